The second-order valence-electron chi connectivity index (χ2n) is 5.23. The van der Waals surface area contributed by atoms with Gasteiger partial charge in [-0.2, -0.15) is 0 Å². The van der Waals surface area contributed by atoms with Crippen LogP contribution in [0.5, 0.6) is 0 Å². The first-order chi connectivity index (χ1) is 10.2. The summed E-state index contributed by atoms with van der Waals surface area (Å²) >= 11 is 0. The molecule has 1 aliphatic rings. The number of rotatable bonds is 5. The zero-order chi connectivity index (χ0) is 15.1. The molecule has 5 heteroatoms. The summed E-state index contributed by atoms with van der Waals surface area (Å²) in [6, 6.07) is 6.94. The lowest BCUT2D eigenvalue weighted by molar-refractivity contribution is -0.117. The zero-order valence-corrected chi connectivity index (χ0v) is 12.4. The van der Waals surface area contributed by atoms with Crippen LogP contribution in [0.15, 0.2) is 24.3 Å². The van der Waals surface area contributed by atoms with Gasteiger partial charge in [-0.15, -0.1) is 0 Å². The summed E-state index contributed by atoms with van der Waals surface area (Å²) in [6.45, 7) is 3.99. The number of amides is 1. The third-order valence-corrected chi connectivity index (χ3v) is 3.57. The Labute approximate surface area is 125 Å². The Morgan fingerprint density at radius 3 is 2.90 bits per heavy atom. The van der Waals surface area contributed by atoms with Crippen LogP contribution in [0.1, 0.15) is 36.5 Å². The van der Waals surface area contributed by atoms with E-state index in [4.69, 9.17) is 4.74 Å². The number of piperidine rings is 1. The van der Waals surface area contributed by atoms with Crippen LogP contribution in [0.4, 0.5) is 5.69 Å². The fraction of sp³-hybridized carbons (Fsp3) is 0.500. The number of benzene rings is 1. The molecule has 21 heavy (non-hydrogen) atoms. The maximum atomic E-state index is 12.1. The highest BCUT2D eigenvalue weighted by molar-refractivity contribution is 6.01. The van der Waals surface area contributed by atoms with Gasteiger partial charge in [-0.05, 0) is 50.9 Å². The van der Waals surface area contributed by atoms with Gasteiger partial charge in [-0.3, -0.25) is 4.79 Å². The van der Waals surface area contributed by atoms with Gasteiger partial charge in [-0.1, -0.05) is 12.1 Å². The summed E-state index contributed by atoms with van der Waals surface area (Å²) in [7, 11) is 0. The van der Waals surface area contributed by atoms with Crippen molar-refractivity contribution >= 4 is 17.6 Å². The number of hydrogen-bond acceptors (Lipinski definition) is 4. The summed E-state index contributed by atoms with van der Waals surface area (Å²) in [5.74, 6) is -0.0957. The number of carbonyl (C=O) groups excluding carboxylic acids is 2. The number of hydrogen-bond donors (Lipinski definition) is 2. The molecule has 114 valence electrons. The van der Waals surface area contributed by atoms with Crippen molar-refractivity contribution in [3.05, 3.63) is 29.8 Å². The lowest BCUT2D eigenvalue weighted by Crippen LogP contribution is -2.32. The molecule has 1 atom stereocenters. The third kappa shape index (κ3) is 4.56. The van der Waals surface area contributed by atoms with Gasteiger partial charge in [0.25, 0.3) is 0 Å². The summed E-state index contributed by atoms with van der Waals surface area (Å²) in [5, 5.41) is 6.13. The molecule has 1 unspecified atom stereocenters. The van der Waals surface area contributed by atoms with Crippen LogP contribution in [-0.4, -0.2) is 31.6 Å². The van der Waals surface area contributed by atoms with Gasteiger partial charge < -0.3 is 15.4 Å². The molecular formula is C16H22N2O3. The number of anilines is 1. The van der Waals surface area contributed by atoms with Crippen LogP contribution >= 0.6 is 0 Å². The van der Waals surface area contributed by atoms with Gasteiger partial charge in [0.2, 0.25) is 5.91 Å². The first kappa shape index (κ1) is 15.5. The van der Waals surface area contributed by atoms with E-state index in [0.29, 0.717) is 30.2 Å². The molecule has 2 rings (SSSR count). The third-order valence-electron chi connectivity index (χ3n) is 3.57. The molecule has 0 spiro atoms. The predicted molar refractivity (Wildman–Crippen MR) is 81.2 cm³/mol. The maximum absolute atomic E-state index is 12.1. The molecule has 2 N–H and O–H groups in total. The highest BCUT2D eigenvalue weighted by Gasteiger charge is 2.18. The monoisotopic (exact) mass is 290 g/mol. The topological polar surface area (TPSA) is 67.4 Å². The van der Waals surface area contributed by atoms with Gasteiger partial charge in [0, 0.05) is 6.42 Å². The summed E-state index contributed by atoms with van der Waals surface area (Å²) in [4.78, 5) is 24.0. The number of carbonyl (C=O) groups is 2. The zero-order valence-electron chi connectivity index (χ0n) is 12.4. The van der Waals surface area contributed by atoms with Crippen molar-refractivity contribution in [1.29, 1.82) is 0 Å². The number of para-hydroxylation sites is 1. The van der Waals surface area contributed by atoms with Crippen LogP contribution in [0.3, 0.4) is 0 Å². The molecular weight excluding hydrogens is 268 g/mol. The van der Waals surface area contributed by atoms with Crippen molar-refractivity contribution < 1.29 is 14.3 Å². The van der Waals surface area contributed by atoms with Crippen molar-refractivity contribution in [2.24, 2.45) is 5.92 Å². The molecule has 1 aromatic rings. The lowest BCUT2D eigenvalue weighted by Gasteiger charge is -2.22. The summed E-state index contributed by atoms with van der Waals surface area (Å²) in [6.07, 6.45) is 2.65. The molecule has 0 saturated carbocycles. The number of nitrogens with one attached hydrogen (secondary N) is 2. The Hall–Kier alpha value is -1.88. The highest BCUT2D eigenvalue weighted by Crippen LogP contribution is 2.19. The standard InChI is InChI=1S/C16H22N2O3/c1-2-21-16(20)13-7-3-4-8-14(13)18-15(19)10-12-6-5-9-17-11-12/h3-4,7-8,12,17H,2,5-6,9-11H2,1H3,(H,18,19). The SMILES string of the molecule is CCOC(=O)c1ccccc1NC(=O)CC1CCCNC1. The first-order valence-electron chi connectivity index (χ1n) is 7.47. The van der Waals surface area contributed by atoms with Gasteiger partial charge in [-0.25, -0.2) is 4.79 Å². The van der Waals surface area contributed by atoms with Gasteiger partial charge in [0.1, 0.15) is 0 Å². The molecule has 5 nitrogen and oxygen atoms in total. The molecule has 1 aromatic carbocycles. The van der Waals surface area contributed by atoms with Gasteiger partial charge in [0.05, 0.1) is 17.9 Å². The number of esters is 1. The average Bonchev–Trinajstić information content (AvgIpc) is 2.49. The second kappa shape index (κ2) is 7.78. The van der Waals surface area contributed by atoms with Crippen LogP contribution in [-0.2, 0) is 9.53 Å². The first-order valence-corrected chi connectivity index (χ1v) is 7.47. The Kier molecular flexibility index (Phi) is 5.75. The van der Waals surface area contributed by atoms with E-state index < -0.39 is 5.97 Å². The lowest BCUT2D eigenvalue weighted by atomic mass is 9.96. The minimum atomic E-state index is -0.410. The molecule has 1 aliphatic heterocycles. The van der Waals surface area contributed by atoms with E-state index in [1.165, 1.54) is 0 Å². The normalized spacial score (nSPS) is 18.0. The van der Waals surface area contributed by atoms with E-state index >= 15 is 0 Å². The summed E-state index contributed by atoms with van der Waals surface area (Å²) < 4.78 is 5.00. The van der Waals surface area contributed by atoms with Crippen molar-refractivity contribution in [2.45, 2.75) is 26.2 Å². The van der Waals surface area contributed by atoms with Gasteiger partial charge in [0.15, 0.2) is 0 Å². The average molecular weight is 290 g/mol. The summed E-state index contributed by atoms with van der Waals surface area (Å²) in [5.41, 5.74) is 0.916. The molecule has 1 heterocycles. The van der Waals surface area contributed by atoms with Crippen molar-refractivity contribution in [3.8, 4) is 0 Å². The predicted octanol–water partition coefficient (Wildman–Crippen LogP) is 2.19. The smallest absolute Gasteiger partial charge is 0.340 e. The molecule has 0 aromatic heterocycles. The Bertz CT molecular complexity index is 496. The van der Waals surface area contributed by atoms with Crippen LogP contribution in [0.25, 0.3) is 0 Å². The van der Waals surface area contributed by atoms with E-state index in [9.17, 15) is 9.59 Å². The Morgan fingerprint density at radius 2 is 2.19 bits per heavy atom. The van der Waals surface area contributed by atoms with Gasteiger partial charge >= 0.3 is 5.97 Å². The van der Waals surface area contributed by atoms with E-state index in [1.807, 2.05) is 0 Å². The van der Waals surface area contributed by atoms with E-state index in [1.54, 1.807) is 31.2 Å². The molecule has 0 radical (unpaired) electrons. The van der Waals surface area contributed by atoms with Crippen molar-refractivity contribution in [1.82, 2.24) is 5.32 Å². The minimum Gasteiger partial charge on any atom is -0.462 e. The minimum absolute atomic E-state index is 0.0551. The van der Waals surface area contributed by atoms with E-state index in [2.05, 4.69) is 10.6 Å². The Morgan fingerprint density at radius 1 is 1.38 bits per heavy atom. The fourth-order valence-electron chi connectivity index (χ4n) is 2.54. The Balaban J connectivity index is 1.98. The molecule has 1 saturated heterocycles. The van der Waals surface area contributed by atoms with Crippen molar-refractivity contribution in [3.63, 3.8) is 0 Å². The quantitative estimate of drug-likeness (QED) is 0.816. The van der Waals surface area contributed by atoms with E-state index in [0.717, 1.165) is 25.9 Å². The largest absolute Gasteiger partial charge is 0.462 e. The molecule has 0 aliphatic carbocycles. The van der Waals surface area contributed by atoms with Crippen LogP contribution in [0.2, 0.25) is 0 Å². The molecule has 1 amide bonds. The van der Waals surface area contributed by atoms with Crippen LogP contribution in [0, 0.1) is 5.92 Å². The van der Waals surface area contributed by atoms with Crippen LogP contribution < -0.4 is 10.6 Å². The molecule has 1 fully saturated rings. The second-order valence-corrected chi connectivity index (χ2v) is 5.23. The molecule has 0 bridgehead atoms. The van der Waals surface area contributed by atoms with Crippen molar-refractivity contribution in [2.75, 3.05) is 25.0 Å². The maximum Gasteiger partial charge on any atom is 0.340 e. The number of ether oxygens (including phenoxy) is 1. The highest BCUT2D eigenvalue weighted by atomic mass is 16.5. The van der Waals surface area contributed by atoms with E-state index in [-0.39, 0.29) is 5.91 Å². The fourth-order valence-corrected chi connectivity index (χ4v) is 2.54.